The molecule has 0 aliphatic carbocycles. The van der Waals surface area contributed by atoms with Gasteiger partial charge in [0.2, 0.25) is 0 Å². The lowest BCUT2D eigenvalue weighted by molar-refractivity contribution is 0.0529. The maximum absolute atomic E-state index is 11.7. The lowest BCUT2D eigenvalue weighted by atomic mass is 10.1. The van der Waals surface area contributed by atoms with Crippen molar-refractivity contribution in [2.45, 2.75) is 181 Å². The molecule has 0 aliphatic heterocycles. The molecule has 0 aromatic heterocycles. The normalized spacial score (nSPS) is 11.4. The summed E-state index contributed by atoms with van der Waals surface area (Å²) in [6, 6.07) is 0. The second-order valence-electron chi connectivity index (χ2n) is 10.8. The van der Waals surface area contributed by atoms with Gasteiger partial charge in [0.25, 0.3) is 0 Å². The molecule has 3 nitrogen and oxygen atoms in total. The third kappa shape index (κ3) is 31.0. The van der Waals surface area contributed by atoms with Crippen LogP contribution in [0.3, 0.4) is 0 Å². The average Bonchev–Trinajstić information content (AvgIpc) is 2.88. The molecule has 0 unspecified atom stereocenters. The van der Waals surface area contributed by atoms with E-state index < -0.39 is 6.16 Å². The van der Waals surface area contributed by atoms with Crippen LogP contribution >= 0.6 is 0 Å². The quantitative estimate of drug-likeness (QED) is 0.0572. The van der Waals surface area contributed by atoms with Crippen molar-refractivity contribution >= 4 is 6.16 Å². The number of hydrogen-bond acceptors (Lipinski definition) is 3. The molecule has 0 N–H and O–H groups in total. The van der Waals surface area contributed by atoms with Crippen LogP contribution in [-0.2, 0) is 9.47 Å². The van der Waals surface area contributed by atoms with Crippen molar-refractivity contribution in [3.05, 3.63) is 12.2 Å². The van der Waals surface area contributed by atoms with Crippen LogP contribution in [0.25, 0.3) is 0 Å². The zero-order valence-corrected chi connectivity index (χ0v) is 24.7. The number of unbranched alkanes of at least 4 members (excludes halogenated alkanes) is 23. The number of carbonyl (C=O) groups is 1. The van der Waals surface area contributed by atoms with E-state index in [1.807, 2.05) is 0 Å². The molecule has 0 aliphatic rings. The Kier molecular flexibility index (Phi) is 31.2. The average molecular weight is 509 g/mol. The van der Waals surface area contributed by atoms with Gasteiger partial charge in [-0.3, -0.25) is 0 Å². The van der Waals surface area contributed by atoms with E-state index in [-0.39, 0.29) is 0 Å². The van der Waals surface area contributed by atoms with Crippen LogP contribution in [0.2, 0.25) is 0 Å². The van der Waals surface area contributed by atoms with Crippen molar-refractivity contribution in [2.75, 3.05) is 13.2 Å². The highest BCUT2D eigenvalue weighted by Crippen LogP contribution is 2.12. The first-order valence-electron chi connectivity index (χ1n) is 16.3. The van der Waals surface area contributed by atoms with Crippen LogP contribution in [0.1, 0.15) is 181 Å². The lowest BCUT2D eigenvalue weighted by Crippen LogP contribution is -2.09. The van der Waals surface area contributed by atoms with Crippen molar-refractivity contribution in [1.82, 2.24) is 0 Å². The Bertz CT molecular complexity index is 446. The summed E-state index contributed by atoms with van der Waals surface area (Å²) in [5, 5.41) is 0. The van der Waals surface area contributed by atoms with Gasteiger partial charge in [0.1, 0.15) is 0 Å². The third-order valence-electron chi connectivity index (χ3n) is 7.09. The van der Waals surface area contributed by atoms with E-state index >= 15 is 0 Å². The maximum atomic E-state index is 11.7. The molecule has 0 bridgehead atoms. The van der Waals surface area contributed by atoms with E-state index in [9.17, 15) is 4.79 Å². The summed E-state index contributed by atoms with van der Waals surface area (Å²) in [7, 11) is 0. The van der Waals surface area contributed by atoms with Crippen LogP contribution in [0.4, 0.5) is 4.79 Å². The molecule has 0 saturated carbocycles. The van der Waals surface area contributed by atoms with E-state index in [2.05, 4.69) is 26.0 Å². The third-order valence-corrected chi connectivity index (χ3v) is 7.09. The number of carbonyl (C=O) groups excluding carboxylic acids is 1. The highest BCUT2D eigenvalue weighted by molar-refractivity contribution is 5.59. The lowest BCUT2D eigenvalue weighted by Gasteiger charge is -2.06. The van der Waals surface area contributed by atoms with Gasteiger partial charge in [-0.05, 0) is 38.5 Å². The molecule has 0 aromatic rings. The van der Waals surface area contributed by atoms with Gasteiger partial charge in [0, 0.05) is 0 Å². The Morgan fingerprint density at radius 3 is 1.03 bits per heavy atom. The van der Waals surface area contributed by atoms with Crippen molar-refractivity contribution in [3.63, 3.8) is 0 Å². The van der Waals surface area contributed by atoms with Crippen LogP contribution in [-0.4, -0.2) is 19.4 Å². The molecule has 0 radical (unpaired) electrons. The first kappa shape index (κ1) is 35.0. The summed E-state index contributed by atoms with van der Waals surface area (Å²) in [4.78, 5) is 11.7. The molecule has 0 rings (SSSR count). The van der Waals surface area contributed by atoms with Crippen LogP contribution < -0.4 is 0 Å². The fraction of sp³-hybridized carbons (Fsp3) is 0.909. The monoisotopic (exact) mass is 508 g/mol. The molecule has 3 heteroatoms. The van der Waals surface area contributed by atoms with E-state index in [4.69, 9.17) is 9.47 Å². The number of allylic oxidation sites excluding steroid dienone is 2. The van der Waals surface area contributed by atoms with Crippen LogP contribution in [0.15, 0.2) is 12.2 Å². The highest BCUT2D eigenvalue weighted by Gasteiger charge is 2.03. The van der Waals surface area contributed by atoms with Crippen molar-refractivity contribution in [2.24, 2.45) is 0 Å². The van der Waals surface area contributed by atoms with Crippen molar-refractivity contribution < 1.29 is 14.3 Å². The number of rotatable bonds is 29. The van der Waals surface area contributed by atoms with E-state index in [0.29, 0.717) is 13.2 Å². The van der Waals surface area contributed by atoms with Gasteiger partial charge < -0.3 is 9.47 Å². The molecule has 36 heavy (non-hydrogen) atoms. The fourth-order valence-electron chi connectivity index (χ4n) is 4.65. The first-order valence-corrected chi connectivity index (χ1v) is 16.3. The van der Waals surface area contributed by atoms with Crippen LogP contribution in [0.5, 0.6) is 0 Å². The number of hydrogen-bond donors (Lipinski definition) is 0. The highest BCUT2D eigenvalue weighted by atomic mass is 16.7. The Labute approximate surface area is 226 Å². The van der Waals surface area contributed by atoms with E-state index in [1.165, 1.54) is 141 Å². The first-order chi connectivity index (χ1) is 17.8. The SMILES string of the molecule is CCCCCCCCC=CCCCCCCCCOC(=O)OCCCCCCCCCCCCCC. The summed E-state index contributed by atoms with van der Waals surface area (Å²) in [5.74, 6) is 0. The number of ether oxygens (including phenoxy) is 2. The molecular formula is C33H64O3. The minimum atomic E-state index is -0.481. The van der Waals surface area contributed by atoms with E-state index in [1.54, 1.807) is 0 Å². The van der Waals surface area contributed by atoms with Crippen molar-refractivity contribution in [1.29, 1.82) is 0 Å². The van der Waals surface area contributed by atoms with Gasteiger partial charge in [0.15, 0.2) is 0 Å². The zero-order chi connectivity index (χ0) is 26.2. The molecule has 0 amide bonds. The largest absolute Gasteiger partial charge is 0.508 e. The Balaban J connectivity index is 3.18. The molecule has 0 spiro atoms. The smallest absolute Gasteiger partial charge is 0.434 e. The van der Waals surface area contributed by atoms with Gasteiger partial charge in [-0.25, -0.2) is 4.79 Å². The molecule has 0 aromatic carbocycles. The Hall–Kier alpha value is -0.990. The summed E-state index contributed by atoms with van der Waals surface area (Å²) in [6.45, 7) is 5.55. The maximum Gasteiger partial charge on any atom is 0.508 e. The molecular weight excluding hydrogens is 444 g/mol. The van der Waals surface area contributed by atoms with E-state index in [0.717, 1.165) is 25.7 Å². The van der Waals surface area contributed by atoms with Gasteiger partial charge in [0.05, 0.1) is 13.2 Å². The second kappa shape index (κ2) is 32.0. The summed E-state index contributed by atoms with van der Waals surface area (Å²) < 4.78 is 10.4. The molecule has 0 atom stereocenters. The van der Waals surface area contributed by atoms with Gasteiger partial charge in [-0.15, -0.1) is 0 Å². The summed E-state index contributed by atoms with van der Waals surface area (Å²) in [5.41, 5.74) is 0. The van der Waals surface area contributed by atoms with Gasteiger partial charge >= 0.3 is 6.16 Å². The fourth-order valence-corrected chi connectivity index (χ4v) is 4.65. The standard InChI is InChI=1S/C33H64O3/c1-3-5-7-9-11-13-15-17-18-19-20-22-24-26-28-30-32-36-33(34)35-31-29-27-25-23-21-16-14-12-10-8-6-4-2/h17-18H,3-16,19-32H2,1-2H3. The van der Waals surface area contributed by atoms with Crippen LogP contribution in [0, 0.1) is 0 Å². The topological polar surface area (TPSA) is 35.5 Å². The van der Waals surface area contributed by atoms with Crippen molar-refractivity contribution in [3.8, 4) is 0 Å². The van der Waals surface area contributed by atoms with Gasteiger partial charge in [-0.2, -0.15) is 0 Å². The molecule has 0 fully saturated rings. The Morgan fingerprint density at radius 2 is 0.694 bits per heavy atom. The zero-order valence-electron chi connectivity index (χ0n) is 24.7. The summed E-state index contributed by atoms with van der Waals surface area (Å²) in [6.07, 6.45) is 38.1. The molecule has 0 heterocycles. The minimum Gasteiger partial charge on any atom is -0.434 e. The second-order valence-corrected chi connectivity index (χ2v) is 10.8. The predicted octanol–water partition coefficient (Wildman–Crippen LogP) is 11.9. The van der Waals surface area contributed by atoms with Gasteiger partial charge in [-0.1, -0.05) is 154 Å². The minimum absolute atomic E-state index is 0.481. The molecule has 0 saturated heterocycles. The predicted molar refractivity (Wildman–Crippen MR) is 158 cm³/mol. The molecule has 214 valence electrons. The Morgan fingerprint density at radius 1 is 0.417 bits per heavy atom. The summed E-state index contributed by atoms with van der Waals surface area (Å²) >= 11 is 0.